The lowest BCUT2D eigenvalue weighted by Gasteiger charge is -2.14. The van der Waals surface area contributed by atoms with Crippen LogP contribution in [0.15, 0.2) is 62.4 Å². The van der Waals surface area contributed by atoms with Crippen LogP contribution in [0.4, 0.5) is 11.5 Å². The molecule has 0 fully saturated rings. The van der Waals surface area contributed by atoms with Gasteiger partial charge < -0.3 is 14.6 Å². The Hall–Kier alpha value is -2.85. The van der Waals surface area contributed by atoms with Gasteiger partial charge in [0.15, 0.2) is 5.82 Å². The molecule has 0 saturated carbocycles. The van der Waals surface area contributed by atoms with E-state index in [1.54, 1.807) is 25.1 Å². The first-order valence-corrected chi connectivity index (χ1v) is 11.7. The third kappa shape index (κ3) is 6.08. The molecule has 10 heteroatoms. The number of ether oxygens (including phenoxy) is 1. The molecule has 3 rings (SSSR count). The van der Waals surface area contributed by atoms with Crippen molar-refractivity contribution >= 4 is 43.4 Å². The number of rotatable bonds is 8. The van der Waals surface area contributed by atoms with Gasteiger partial charge in [0.05, 0.1) is 17.1 Å². The molecule has 0 unspecified atom stereocenters. The summed E-state index contributed by atoms with van der Waals surface area (Å²) in [4.78, 5) is 12.8. The fraction of sp³-hybridized carbons (Fsp3) is 0.238. The zero-order valence-electron chi connectivity index (χ0n) is 17.2. The van der Waals surface area contributed by atoms with Gasteiger partial charge in [0.1, 0.15) is 11.5 Å². The maximum absolute atomic E-state index is 12.8. The molecule has 0 bridgehead atoms. The van der Waals surface area contributed by atoms with Crippen molar-refractivity contribution in [3.8, 4) is 5.75 Å². The van der Waals surface area contributed by atoms with E-state index < -0.39 is 10.0 Å². The van der Waals surface area contributed by atoms with E-state index >= 15 is 0 Å². The standard InChI is InChI=1S/C21H22BrN3O5S/c1-13(2)12-29-19-9-4-15(22)11-18(19)21(26)23-16-5-7-17(8-6-16)31(27,28)25-20-10-14(3)30-24-20/h4-11,13H,12H2,1-3H3,(H,23,26)(H,24,25). The third-order valence-electron chi connectivity index (χ3n) is 4.05. The van der Waals surface area contributed by atoms with Gasteiger partial charge in [-0.2, -0.15) is 0 Å². The van der Waals surface area contributed by atoms with Gasteiger partial charge in [-0.05, 0) is 55.3 Å². The summed E-state index contributed by atoms with van der Waals surface area (Å²) in [7, 11) is -3.84. The quantitative estimate of drug-likeness (QED) is 0.451. The first-order chi connectivity index (χ1) is 14.6. The molecule has 164 valence electrons. The summed E-state index contributed by atoms with van der Waals surface area (Å²) in [5.74, 6) is 0.995. The number of carbonyl (C=O) groups is 1. The van der Waals surface area contributed by atoms with Gasteiger partial charge in [-0.15, -0.1) is 0 Å². The summed E-state index contributed by atoms with van der Waals surface area (Å²) in [6.45, 7) is 6.18. The van der Waals surface area contributed by atoms with E-state index in [2.05, 4.69) is 31.1 Å². The lowest BCUT2D eigenvalue weighted by atomic mass is 10.1. The Labute approximate surface area is 189 Å². The molecule has 1 amide bonds. The average Bonchev–Trinajstić information content (AvgIpc) is 3.11. The summed E-state index contributed by atoms with van der Waals surface area (Å²) >= 11 is 3.37. The Balaban J connectivity index is 1.74. The maximum Gasteiger partial charge on any atom is 0.263 e. The number of nitrogens with one attached hydrogen (secondary N) is 2. The van der Waals surface area contributed by atoms with Gasteiger partial charge in [0.2, 0.25) is 0 Å². The molecule has 0 spiro atoms. The van der Waals surface area contributed by atoms with Gasteiger partial charge in [0.25, 0.3) is 15.9 Å². The molecule has 0 radical (unpaired) electrons. The molecule has 1 aromatic heterocycles. The van der Waals surface area contributed by atoms with Crippen molar-refractivity contribution in [3.63, 3.8) is 0 Å². The van der Waals surface area contributed by atoms with Crippen LogP contribution in [0.3, 0.4) is 0 Å². The fourth-order valence-corrected chi connectivity index (χ4v) is 3.93. The number of carbonyl (C=O) groups excluding carboxylic acids is 1. The number of halogens is 1. The number of aryl methyl sites for hydroxylation is 1. The molecular weight excluding hydrogens is 486 g/mol. The van der Waals surface area contributed by atoms with E-state index in [0.717, 1.165) is 4.47 Å². The number of hydrogen-bond acceptors (Lipinski definition) is 6. The van der Waals surface area contributed by atoms with Gasteiger partial charge in [-0.1, -0.05) is 34.9 Å². The highest BCUT2D eigenvalue weighted by molar-refractivity contribution is 9.10. The Morgan fingerprint density at radius 1 is 1.16 bits per heavy atom. The topological polar surface area (TPSA) is 111 Å². The Kier molecular flexibility index (Phi) is 7.01. The van der Waals surface area contributed by atoms with E-state index in [4.69, 9.17) is 9.26 Å². The van der Waals surface area contributed by atoms with Crippen molar-refractivity contribution < 1.29 is 22.5 Å². The summed E-state index contributed by atoms with van der Waals surface area (Å²) in [5, 5.41) is 6.38. The smallest absolute Gasteiger partial charge is 0.263 e. The van der Waals surface area contributed by atoms with Crippen LogP contribution in [0, 0.1) is 12.8 Å². The second-order valence-corrected chi connectivity index (χ2v) is 9.85. The van der Waals surface area contributed by atoms with Crippen LogP contribution >= 0.6 is 15.9 Å². The molecular formula is C21H22BrN3O5S. The minimum Gasteiger partial charge on any atom is -0.492 e. The molecule has 0 aliphatic carbocycles. The fourth-order valence-electron chi connectivity index (χ4n) is 2.59. The molecule has 2 aromatic carbocycles. The van der Waals surface area contributed by atoms with E-state index in [9.17, 15) is 13.2 Å². The number of amides is 1. The third-order valence-corrected chi connectivity index (χ3v) is 5.91. The number of nitrogens with zero attached hydrogens (tertiary/aromatic N) is 1. The van der Waals surface area contributed by atoms with Crippen LogP contribution in [0.25, 0.3) is 0 Å². The van der Waals surface area contributed by atoms with Crippen LogP contribution in [0.1, 0.15) is 30.0 Å². The van der Waals surface area contributed by atoms with Gasteiger partial charge in [-0.3, -0.25) is 9.52 Å². The van der Waals surface area contributed by atoms with Crippen LogP contribution in [0.5, 0.6) is 5.75 Å². The Morgan fingerprint density at radius 3 is 2.48 bits per heavy atom. The number of aromatic nitrogens is 1. The highest BCUT2D eigenvalue weighted by Crippen LogP contribution is 2.25. The molecule has 0 aliphatic rings. The average molecular weight is 508 g/mol. The number of anilines is 2. The minimum atomic E-state index is -3.84. The second kappa shape index (κ2) is 9.52. The largest absolute Gasteiger partial charge is 0.492 e. The second-order valence-electron chi connectivity index (χ2n) is 7.25. The lowest BCUT2D eigenvalue weighted by Crippen LogP contribution is -2.16. The number of sulfonamides is 1. The Morgan fingerprint density at radius 2 is 1.87 bits per heavy atom. The predicted octanol–water partition coefficient (Wildman–Crippen LogP) is 4.83. The van der Waals surface area contributed by atoms with Crippen molar-refractivity contribution in [1.29, 1.82) is 0 Å². The first kappa shape index (κ1) is 22.8. The molecule has 31 heavy (non-hydrogen) atoms. The first-order valence-electron chi connectivity index (χ1n) is 9.44. The molecule has 0 saturated heterocycles. The SMILES string of the molecule is Cc1cc(NS(=O)(=O)c2ccc(NC(=O)c3cc(Br)ccc3OCC(C)C)cc2)no1. The number of hydrogen-bond donors (Lipinski definition) is 2. The molecule has 0 atom stereocenters. The lowest BCUT2D eigenvalue weighted by molar-refractivity contribution is 0.102. The summed E-state index contributed by atoms with van der Waals surface area (Å²) in [6, 6.07) is 12.5. The van der Waals surface area contributed by atoms with Crippen LogP contribution in [-0.4, -0.2) is 26.1 Å². The molecule has 8 nitrogen and oxygen atoms in total. The molecule has 1 heterocycles. The van der Waals surface area contributed by atoms with Crippen molar-refractivity contribution in [2.24, 2.45) is 5.92 Å². The zero-order chi connectivity index (χ0) is 22.6. The van der Waals surface area contributed by atoms with Gasteiger partial charge in [-0.25, -0.2) is 8.42 Å². The van der Waals surface area contributed by atoms with Crippen molar-refractivity contribution in [3.05, 3.63) is 64.3 Å². The summed E-state index contributed by atoms with van der Waals surface area (Å²) in [6.07, 6.45) is 0. The molecule has 2 N–H and O–H groups in total. The van der Waals surface area contributed by atoms with E-state index in [-0.39, 0.29) is 16.6 Å². The Bertz CT molecular complexity index is 1170. The van der Waals surface area contributed by atoms with Crippen LogP contribution < -0.4 is 14.8 Å². The van der Waals surface area contributed by atoms with Gasteiger partial charge in [0, 0.05) is 16.2 Å². The summed E-state index contributed by atoms with van der Waals surface area (Å²) in [5.41, 5.74) is 0.811. The monoisotopic (exact) mass is 507 g/mol. The van der Waals surface area contributed by atoms with Crippen molar-refractivity contribution in [2.45, 2.75) is 25.7 Å². The van der Waals surface area contributed by atoms with Crippen LogP contribution in [-0.2, 0) is 10.0 Å². The molecule has 3 aromatic rings. The highest BCUT2D eigenvalue weighted by atomic mass is 79.9. The zero-order valence-corrected chi connectivity index (χ0v) is 19.6. The van der Waals surface area contributed by atoms with Crippen molar-refractivity contribution in [1.82, 2.24) is 5.16 Å². The van der Waals surface area contributed by atoms with Crippen molar-refractivity contribution in [2.75, 3.05) is 16.6 Å². The summed E-state index contributed by atoms with van der Waals surface area (Å²) < 4.78 is 38.6. The van der Waals surface area contributed by atoms with E-state index in [1.165, 1.54) is 30.3 Å². The maximum atomic E-state index is 12.8. The predicted molar refractivity (Wildman–Crippen MR) is 121 cm³/mol. The minimum absolute atomic E-state index is 0.0227. The van der Waals surface area contributed by atoms with Gasteiger partial charge >= 0.3 is 0 Å². The van der Waals surface area contributed by atoms with E-state index in [1.807, 2.05) is 13.8 Å². The molecule has 0 aliphatic heterocycles. The number of benzene rings is 2. The van der Waals surface area contributed by atoms with Crippen LogP contribution in [0.2, 0.25) is 0 Å². The normalized spacial score (nSPS) is 11.4. The van der Waals surface area contributed by atoms with E-state index in [0.29, 0.717) is 35.3 Å². The highest BCUT2D eigenvalue weighted by Gasteiger charge is 2.18.